The number of carbonyl (C=O) groups is 1. The fourth-order valence-electron chi connectivity index (χ4n) is 5.80. The van der Waals surface area contributed by atoms with Gasteiger partial charge in [-0.15, -0.1) is 5.10 Å². The number of amides is 1. The molecule has 1 amide bonds. The summed E-state index contributed by atoms with van der Waals surface area (Å²) in [5.74, 6) is -0.173. The van der Waals surface area contributed by atoms with Crippen LogP contribution in [0.3, 0.4) is 0 Å². The van der Waals surface area contributed by atoms with E-state index in [0.29, 0.717) is 35.2 Å². The largest absolute Gasteiger partial charge is 0.390 e. The maximum atomic E-state index is 13.0. The fourth-order valence-corrected chi connectivity index (χ4v) is 5.80. The summed E-state index contributed by atoms with van der Waals surface area (Å²) in [7, 11) is 0. The zero-order valence-corrected chi connectivity index (χ0v) is 26.1. The average molecular weight is 649 g/mol. The number of benzene rings is 1. The second-order valence-electron chi connectivity index (χ2n) is 11.7. The highest BCUT2D eigenvalue weighted by Gasteiger charge is 2.38. The van der Waals surface area contributed by atoms with Crippen molar-refractivity contribution in [2.45, 2.75) is 90.1 Å². The van der Waals surface area contributed by atoms with E-state index in [9.17, 15) is 24.3 Å². The van der Waals surface area contributed by atoms with Gasteiger partial charge in [-0.25, -0.2) is 14.3 Å². The van der Waals surface area contributed by atoms with E-state index < -0.39 is 41.6 Å². The Kier molecular flexibility index (Phi) is 9.26. The summed E-state index contributed by atoms with van der Waals surface area (Å²) < 4.78 is 22.5. The number of aliphatic hydroxyl groups is 1. The Morgan fingerprint density at radius 1 is 1.02 bits per heavy atom. The van der Waals surface area contributed by atoms with E-state index in [1.54, 1.807) is 50.5 Å². The minimum absolute atomic E-state index is 0.136. The lowest BCUT2D eigenvalue weighted by atomic mass is 10.1. The van der Waals surface area contributed by atoms with E-state index in [4.69, 9.17) is 14.2 Å². The van der Waals surface area contributed by atoms with Crippen molar-refractivity contribution in [3.8, 4) is 0 Å². The Hall–Kier alpha value is -4.77. The summed E-state index contributed by atoms with van der Waals surface area (Å²) in [5, 5.41) is 21.6. The molecule has 0 bridgehead atoms. The number of H-pyrrole nitrogens is 1. The Morgan fingerprint density at radius 3 is 2.51 bits per heavy atom. The molecule has 6 rings (SSSR count). The van der Waals surface area contributed by atoms with Crippen LogP contribution in [0.25, 0.3) is 0 Å². The molecule has 2 unspecified atom stereocenters. The van der Waals surface area contributed by atoms with Gasteiger partial charge in [0.2, 0.25) is 0 Å². The second kappa shape index (κ2) is 13.5. The van der Waals surface area contributed by atoms with Gasteiger partial charge in [-0.2, -0.15) is 4.98 Å². The standard InChI is InChI=1S/C31H36N8O8/c1-4-22-23(11-26(46-22)38-12-17(2)27(33-30(38)43)32-29(42)19-8-6-5-7-9-19)45-16-20-14-37(36-35-20)15-24-21(40)10-25(47-24)39-13-18(3)28(41)34-31(39)44/h5-9,12-14,21-26,40H,4,10-11,15-16H2,1-3H3,(H,34,41,44)(H,32,33,42,43)/t21?,22-,23?,24-,25-,26-/m1/s1. The van der Waals surface area contributed by atoms with Crippen molar-refractivity contribution in [2.24, 2.45) is 0 Å². The molecule has 4 aromatic rings. The lowest BCUT2D eigenvalue weighted by Gasteiger charge is -2.17. The number of aliphatic hydroxyl groups excluding tert-OH is 1. The van der Waals surface area contributed by atoms with Gasteiger partial charge in [-0.1, -0.05) is 30.3 Å². The van der Waals surface area contributed by atoms with E-state index >= 15 is 0 Å². The zero-order chi connectivity index (χ0) is 33.2. The van der Waals surface area contributed by atoms with Crippen molar-refractivity contribution in [3.05, 3.63) is 103 Å². The summed E-state index contributed by atoms with van der Waals surface area (Å²) in [4.78, 5) is 55.9. The Balaban J connectivity index is 1.05. The topological polar surface area (TPSA) is 197 Å². The molecule has 0 saturated carbocycles. The molecule has 3 N–H and O–H groups in total. The summed E-state index contributed by atoms with van der Waals surface area (Å²) in [5.41, 5.74) is 0.339. The number of hydrogen-bond donors (Lipinski definition) is 3. The van der Waals surface area contributed by atoms with Gasteiger partial charge in [-0.05, 0) is 32.4 Å². The van der Waals surface area contributed by atoms with Gasteiger partial charge in [0.25, 0.3) is 11.5 Å². The summed E-state index contributed by atoms with van der Waals surface area (Å²) in [6.45, 7) is 5.63. The molecule has 1 aromatic carbocycles. The number of ether oxygens (including phenoxy) is 3. The minimum atomic E-state index is -0.864. The highest BCUT2D eigenvalue weighted by molar-refractivity contribution is 6.03. The van der Waals surface area contributed by atoms with Crippen LogP contribution >= 0.6 is 0 Å². The molecule has 2 fully saturated rings. The van der Waals surface area contributed by atoms with Gasteiger partial charge in [-0.3, -0.25) is 23.7 Å². The van der Waals surface area contributed by atoms with Gasteiger partial charge in [0.05, 0.1) is 37.7 Å². The van der Waals surface area contributed by atoms with E-state index in [-0.39, 0.29) is 43.5 Å². The average Bonchev–Trinajstić information content (AvgIpc) is 3.78. The smallest absolute Gasteiger partial charge is 0.351 e. The number of rotatable bonds is 10. The lowest BCUT2D eigenvalue weighted by molar-refractivity contribution is -0.0453. The highest BCUT2D eigenvalue weighted by atomic mass is 16.6. The van der Waals surface area contributed by atoms with Gasteiger partial charge >= 0.3 is 11.4 Å². The van der Waals surface area contributed by atoms with E-state index in [0.717, 1.165) is 0 Å². The SMILES string of the molecule is CC[C@H]1O[C@@H](n2cc(C)c(NC(=O)c3ccccc3)nc2=O)CC1OCc1cn(C[C@H]2O[C@@H](n3cc(C)c(=O)[nH]c3=O)CC2O)nn1. The Labute approximate surface area is 267 Å². The van der Waals surface area contributed by atoms with E-state index in [1.807, 2.05) is 13.0 Å². The van der Waals surface area contributed by atoms with E-state index in [2.05, 4.69) is 25.6 Å². The molecule has 16 nitrogen and oxygen atoms in total. The molecule has 5 heterocycles. The normalized spacial score (nSPS) is 24.1. The van der Waals surface area contributed by atoms with Crippen LogP contribution in [0, 0.1) is 13.8 Å². The molecule has 248 valence electrons. The van der Waals surface area contributed by atoms with Crippen LogP contribution in [-0.4, -0.2) is 69.5 Å². The summed E-state index contributed by atoms with van der Waals surface area (Å²) in [6.07, 6.45) is 2.48. The van der Waals surface area contributed by atoms with Crippen LogP contribution < -0.4 is 22.3 Å². The van der Waals surface area contributed by atoms with E-state index in [1.165, 1.54) is 20.0 Å². The molecular weight excluding hydrogens is 612 g/mol. The molecular formula is C31H36N8O8. The summed E-state index contributed by atoms with van der Waals surface area (Å²) in [6, 6.07) is 8.67. The first-order valence-corrected chi connectivity index (χ1v) is 15.4. The van der Waals surface area contributed by atoms with Gasteiger partial charge < -0.3 is 24.6 Å². The first-order chi connectivity index (χ1) is 22.6. The third-order valence-electron chi connectivity index (χ3n) is 8.35. The molecule has 0 aliphatic carbocycles. The van der Waals surface area contributed by atoms with Crippen molar-refractivity contribution in [3.63, 3.8) is 0 Å². The Morgan fingerprint density at radius 2 is 1.74 bits per heavy atom. The molecule has 2 aliphatic heterocycles. The first kappa shape index (κ1) is 32.2. The number of aromatic nitrogens is 7. The van der Waals surface area contributed by atoms with Gasteiger partial charge in [0.1, 0.15) is 30.1 Å². The van der Waals surface area contributed by atoms with Crippen molar-refractivity contribution in [1.82, 2.24) is 34.1 Å². The van der Waals surface area contributed by atoms with Crippen LogP contribution in [0.2, 0.25) is 0 Å². The summed E-state index contributed by atoms with van der Waals surface area (Å²) >= 11 is 0. The van der Waals surface area contributed by atoms with Crippen molar-refractivity contribution >= 4 is 11.7 Å². The van der Waals surface area contributed by atoms with Crippen molar-refractivity contribution in [1.29, 1.82) is 0 Å². The third-order valence-corrected chi connectivity index (χ3v) is 8.35. The number of nitrogens with one attached hydrogen (secondary N) is 2. The molecule has 47 heavy (non-hydrogen) atoms. The van der Waals surface area contributed by atoms with Crippen molar-refractivity contribution < 1.29 is 24.1 Å². The molecule has 16 heteroatoms. The maximum absolute atomic E-state index is 13.0. The number of carbonyl (C=O) groups excluding carboxylic acids is 1. The molecule has 6 atom stereocenters. The number of aryl methyl sites for hydroxylation is 2. The maximum Gasteiger partial charge on any atom is 0.351 e. The number of hydrogen-bond acceptors (Lipinski definition) is 11. The molecule has 0 radical (unpaired) electrons. The lowest BCUT2D eigenvalue weighted by Crippen LogP contribution is -2.33. The number of aromatic amines is 1. The van der Waals surface area contributed by atoms with Crippen LogP contribution in [-0.2, 0) is 27.4 Å². The molecule has 3 aromatic heterocycles. The minimum Gasteiger partial charge on any atom is -0.390 e. The van der Waals surface area contributed by atoms with Gasteiger partial charge in [0.15, 0.2) is 0 Å². The second-order valence-corrected chi connectivity index (χ2v) is 11.7. The van der Waals surface area contributed by atoms with Crippen LogP contribution in [0.15, 0.2) is 63.3 Å². The number of anilines is 1. The fraction of sp³-hybridized carbons (Fsp3) is 0.452. The first-order valence-electron chi connectivity index (χ1n) is 15.4. The third kappa shape index (κ3) is 7.00. The van der Waals surface area contributed by atoms with Crippen LogP contribution in [0.1, 0.15) is 65.8 Å². The molecule has 0 spiro atoms. The monoisotopic (exact) mass is 648 g/mol. The van der Waals surface area contributed by atoms with Crippen LogP contribution in [0.4, 0.5) is 5.82 Å². The zero-order valence-electron chi connectivity index (χ0n) is 26.1. The van der Waals surface area contributed by atoms with Gasteiger partial charge in [0, 0.05) is 41.9 Å². The quantitative estimate of drug-likeness (QED) is 0.223. The Bertz CT molecular complexity index is 1920. The highest BCUT2D eigenvalue weighted by Crippen LogP contribution is 2.33. The predicted molar refractivity (Wildman–Crippen MR) is 166 cm³/mol. The van der Waals surface area contributed by atoms with Crippen LogP contribution in [0.5, 0.6) is 0 Å². The predicted octanol–water partition coefficient (Wildman–Crippen LogP) is 1.19. The molecule has 2 saturated heterocycles. The van der Waals surface area contributed by atoms with Crippen molar-refractivity contribution in [2.75, 3.05) is 5.32 Å². The number of nitrogens with zero attached hydrogens (tertiary/aromatic N) is 6. The molecule has 2 aliphatic rings.